The van der Waals surface area contributed by atoms with E-state index in [0.29, 0.717) is 5.12 Å². The summed E-state index contributed by atoms with van der Waals surface area (Å²) in [6.45, 7) is 6.05. The third-order valence-corrected chi connectivity index (χ3v) is 5.31. The molecule has 0 aromatic rings. The molecule has 0 radical (unpaired) electrons. The van der Waals surface area contributed by atoms with Crippen LogP contribution in [0.1, 0.15) is 64.7 Å². The van der Waals surface area contributed by atoms with E-state index in [4.69, 9.17) is 4.74 Å². The molecular formula is C17H30O2S. The molecule has 1 saturated carbocycles. The number of hydrogen-bond acceptors (Lipinski definition) is 3. The lowest BCUT2D eigenvalue weighted by Gasteiger charge is -2.31. The maximum absolute atomic E-state index is 11.9. The van der Waals surface area contributed by atoms with Crippen molar-refractivity contribution in [1.82, 2.24) is 0 Å². The summed E-state index contributed by atoms with van der Waals surface area (Å²) < 4.78 is 5.01. The van der Waals surface area contributed by atoms with E-state index >= 15 is 0 Å². The van der Waals surface area contributed by atoms with Crippen LogP contribution in [0.15, 0.2) is 12.3 Å². The van der Waals surface area contributed by atoms with Crippen molar-refractivity contribution in [2.75, 3.05) is 12.9 Å². The smallest absolute Gasteiger partial charge is 0.188 e. The van der Waals surface area contributed by atoms with E-state index in [-0.39, 0.29) is 0 Å². The predicted octanol–water partition coefficient (Wildman–Crippen LogP) is 5.18. The highest BCUT2D eigenvalue weighted by atomic mass is 32.2. The molecule has 2 atom stereocenters. The lowest BCUT2D eigenvalue weighted by molar-refractivity contribution is -0.111. The van der Waals surface area contributed by atoms with Crippen LogP contribution in [0.25, 0.3) is 0 Å². The van der Waals surface area contributed by atoms with Gasteiger partial charge in [-0.15, -0.1) is 0 Å². The fourth-order valence-corrected chi connectivity index (χ4v) is 3.99. The molecule has 0 amide bonds. The van der Waals surface area contributed by atoms with Gasteiger partial charge >= 0.3 is 0 Å². The van der Waals surface area contributed by atoms with Crippen LogP contribution in [0.4, 0.5) is 0 Å². The summed E-state index contributed by atoms with van der Waals surface area (Å²) in [6, 6.07) is 0. The third-order valence-electron chi connectivity index (χ3n) is 4.38. The zero-order valence-corrected chi connectivity index (χ0v) is 14.0. The normalized spacial score (nSPS) is 22.5. The second-order valence-electron chi connectivity index (χ2n) is 5.85. The summed E-state index contributed by atoms with van der Waals surface area (Å²) in [6.07, 6.45) is 10.7. The molecule has 0 heterocycles. The molecule has 116 valence electrons. The highest BCUT2D eigenvalue weighted by Gasteiger charge is 2.24. The number of methoxy groups -OCH3 is 1. The average molecular weight is 298 g/mol. The fourth-order valence-electron chi connectivity index (χ4n) is 3.17. The lowest BCUT2D eigenvalue weighted by Crippen LogP contribution is -2.20. The first kappa shape index (κ1) is 17.6. The van der Waals surface area contributed by atoms with Crippen LogP contribution in [0.5, 0.6) is 0 Å². The van der Waals surface area contributed by atoms with Crippen molar-refractivity contribution >= 4 is 16.9 Å². The lowest BCUT2D eigenvalue weighted by atomic mass is 9.75. The van der Waals surface area contributed by atoms with Crippen LogP contribution >= 0.6 is 11.8 Å². The summed E-state index contributed by atoms with van der Waals surface area (Å²) >= 11 is 1.44. The van der Waals surface area contributed by atoms with Crippen molar-refractivity contribution in [3.8, 4) is 0 Å². The Morgan fingerprint density at radius 2 is 1.85 bits per heavy atom. The SMILES string of the molecule is C=C(CCSC(=O)CCC1CCCCC1CCC)OC. The standard InChI is InChI=1S/C17H30O2S/c1-4-7-15-8-5-6-9-16(15)10-11-17(18)20-13-12-14(2)19-3/h15-16H,2,4-13H2,1,3H3. The average Bonchev–Trinajstić information content (AvgIpc) is 2.46. The monoisotopic (exact) mass is 298 g/mol. The molecule has 0 N–H and O–H groups in total. The van der Waals surface area contributed by atoms with Gasteiger partial charge < -0.3 is 4.74 Å². The third kappa shape index (κ3) is 6.83. The Kier molecular flexibility index (Phi) is 9.08. The van der Waals surface area contributed by atoms with Gasteiger partial charge in [-0.1, -0.05) is 63.8 Å². The minimum absolute atomic E-state index is 0.342. The van der Waals surface area contributed by atoms with Crippen LogP contribution in [0.2, 0.25) is 0 Å². The van der Waals surface area contributed by atoms with E-state index < -0.39 is 0 Å². The minimum atomic E-state index is 0.342. The molecule has 0 spiro atoms. The molecule has 2 nitrogen and oxygen atoms in total. The van der Waals surface area contributed by atoms with E-state index in [1.54, 1.807) is 7.11 Å². The van der Waals surface area contributed by atoms with Gasteiger partial charge in [0.15, 0.2) is 5.12 Å². The minimum Gasteiger partial charge on any atom is -0.502 e. The second-order valence-corrected chi connectivity index (χ2v) is 7.00. The van der Waals surface area contributed by atoms with Gasteiger partial charge in [0.25, 0.3) is 0 Å². The summed E-state index contributed by atoms with van der Waals surface area (Å²) in [5.41, 5.74) is 0. The van der Waals surface area contributed by atoms with Crippen molar-refractivity contribution in [2.45, 2.75) is 64.7 Å². The number of carbonyl (C=O) groups is 1. The number of allylic oxidation sites excluding steroid dienone is 1. The summed E-state index contributed by atoms with van der Waals surface area (Å²) in [5.74, 6) is 3.23. The number of hydrogen-bond donors (Lipinski definition) is 0. The Hall–Kier alpha value is -0.440. The molecule has 1 aliphatic rings. The molecule has 0 saturated heterocycles. The van der Waals surface area contributed by atoms with Crippen molar-refractivity contribution in [3.63, 3.8) is 0 Å². The van der Waals surface area contributed by atoms with Crippen molar-refractivity contribution in [1.29, 1.82) is 0 Å². The molecule has 0 aromatic carbocycles. The molecule has 3 heteroatoms. The molecular weight excluding hydrogens is 268 g/mol. The first-order valence-corrected chi connectivity index (χ1v) is 9.03. The van der Waals surface area contributed by atoms with Crippen LogP contribution in [0, 0.1) is 11.8 Å². The summed E-state index contributed by atoms with van der Waals surface area (Å²) in [7, 11) is 1.63. The Morgan fingerprint density at radius 1 is 1.20 bits per heavy atom. The van der Waals surface area contributed by atoms with Gasteiger partial charge in [0.2, 0.25) is 0 Å². The molecule has 0 bridgehead atoms. The van der Waals surface area contributed by atoms with Crippen molar-refractivity contribution in [2.24, 2.45) is 11.8 Å². The summed E-state index contributed by atoms with van der Waals surface area (Å²) in [5, 5.41) is 0.342. The van der Waals surface area contributed by atoms with Gasteiger partial charge in [0.1, 0.15) is 0 Å². The summed E-state index contributed by atoms with van der Waals surface area (Å²) in [4.78, 5) is 11.9. The molecule has 1 aliphatic carbocycles. The first-order chi connectivity index (χ1) is 9.67. The zero-order chi connectivity index (χ0) is 14.8. The van der Waals surface area contributed by atoms with Crippen LogP contribution in [-0.4, -0.2) is 18.0 Å². The zero-order valence-electron chi connectivity index (χ0n) is 13.2. The van der Waals surface area contributed by atoms with E-state index in [9.17, 15) is 4.79 Å². The van der Waals surface area contributed by atoms with Gasteiger partial charge in [-0.05, 0) is 18.3 Å². The van der Waals surface area contributed by atoms with E-state index in [1.165, 1.54) is 50.3 Å². The highest BCUT2D eigenvalue weighted by molar-refractivity contribution is 8.13. The maximum atomic E-state index is 11.9. The molecule has 0 aromatic heterocycles. The Bertz CT molecular complexity index is 299. The molecule has 0 aliphatic heterocycles. The highest BCUT2D eigenvalue weighted by Crippen LogP contribution is 2.36. The van der Waals surface area contributed by atoms with E-state index in [0.717, 1.165) is 42.6 Å². The molecule has 20 heavy (non-hydrogen) atoms. The van der Waals surface area contributed by atoms with Gasteiger partial charge in [-0.25, -0.2) is 0 Å². The maximum Gasteiger partial charge on any atom is 0.188 e. The van der Waals surface area contributed by atoms with E-state index in [1.807, 2.05) is 0 Å². The van der Waals surface area contributed by atoms with Crippen LogP contribution in [0.3, 0.4) is 0 Å². The predicted molar refractivity (Wildman–Crippen MR) is 87.8 cm³/mol. The van der Waals surface area contributed by atoms with Gasteiger partial charge in [0.05, 0.1) is 12.9 Å². The molecule has 2 unspecified atom stereocenters. The number of rotatable bonds is 9. The number of thioether (sulfide) groups is 1. The van der Waals surface area contributed by atoms with Crippen LogP contribution < -0.4 is 0 Å². The number of carbonyl (C=O) groups excluding carboxylic acids is 1. The van der Waals surface area contributed by atoms with E-state index in [2.05, 4.69) is 13.5 Å². The topological polar surface area (TPSA) is 26.3 Å². The first-order valence-electron chi connectivity index (χ1n) is 8.04. The van der Waals surface area contributed by atoms with Crippen LogP contribution in [-0.2, 0) is 9.53 Å². The van der Waals surface area contributed by atoms with Gasteiger partial charge in [0, 0.05) is 18.6 Å². The Balaban J connectivity index is 2.19. The quantitative estimate of drug-likeness (QED) is 0.548. The van der Waals surface area contributed by atoms with Crippen molar-refractivity contribution < 1.29 is 9.53 Å². The molecule has 1 fully saturated rings. The molecule has 1 rings (SSSR count). The van der Waals surface area contributed by atoms with Gasteiger partial charge in [-0.3, -0.25) is 4.79 Å². The van der Waals surface area contributed by atoms with Gasteiger partial charge in [-0.2, -0.15) is 0 Å². The largest absolute Gasteiger partial charge is 0.502 e. The Morgan fingerprint density at radius 3 is 2.45 bits per heavy atom. The fraction of sp³-hybridized carbons (Fsp3) is 0.824. The van der Waals surface area contributed by atoms with Crippen molar-refractivity contribution in [3.05, 3.63) is 12.3 Å². The number of ether oxygens (including phenoxy) is 1. The Labute approximate surface area is 128 Å². The second kappa shape index (κ2) is 10.3.